The second-order valence-corrected chi connectivity index (χ2v) is 10.4. The number of anilines is 1. The molecule has 0 spiro atoms. The minimum absolute atomic E-state index is 0.283. The van der Waals surface area contributed by atoms with Gasteiger partial charge in [-0.05, 0) is 48.4 Å². The number of nitrogens with zero attached hydrogens (tertiary/aromatic N) is 3. The first-order valence-corrected chi connectivity index (χ1v) is 12.3. The second-order valence-electron chi connectivity index (χ2n) is 8.12. The van der Waals surface area contributed by atoms with Crippen molar-refractivity contribution in [1.29, 1.82) is 0 Å². The number of aromatic nitrogens is 1. The van der Waals surface area contributed by atoms with E-state index in [1.165, 1.54) is 3.97 Å². The molecule has 0 bridgehead atoms. The van der Waals surface area contributed by atoms with Gasteiger partial charge >= 0.3 is 0 Å². The van der Waals surface area contributed by atoms with E-state index >= 15 is 0 Å². The number of fused-ring (bicyclic) bond motifs is 1. The summed E-state index contributed by atoms with van der Waals surface area (Å²) in [6, 6.07) is 12.7. The maximum atomic E-state index is 13.5. The van der Waals surface area contributed by atoms with Gasteiger partial charge in [-0.25, -0.2) is 12.4 Å². The van der Waals surface area contributed by atoms with E-state index < -0.39 is 10.0 Å². The Morgan fingerprint density at radius 2 is 1.67 bits per heavy atom. The molecule has 0 saturated carbocycles. The Hall–Kier alpha value is -2.02. The van der Waals surface area contributed by atoms with Gasteiger partial charge in [-0.2, -0.15) is 0 Å². The van der Waals surface area contributed by atoms with Gasteiger partial charge in [-0.1, -0.05) is 44.5 Å². The van der Waals surface area contributed by atoms with Crippen LogP contribution in [-0.2, 0) is 10.0 Å². The molecule has 0 radical (unpaired) electrons. The first-order valence-electron chi connectivity index (χ1n) is 10.4. The normalized spacial score (nSPS) is 16.0. The van der Waals surface area contributed by atoms with Crippen LogP contribution in [-0.4, -0.2) is 50.0 Å². The van der Waals surface area contributed by atoms with Crippen LogP contribution in [0.4, 0.5) is 5.69 Å². The summed E-state index contributed by atoms with van der Waals surface area (Å²) in [4.78, 5) is 4.96. The lowest BCUT2D eigenvalue weighted by Crippen LogP contribution is -2.46. The Bertz CT molecular complexity index is 1150. The second kappa shape index (κ2) is 8.25. The fourth-order valence-corrected chi connectivity index (χ4v) is 5.57. The van der Waals surface area contributed by atoms with Gasteiger partial charge < -0.3 is 9.80 Å². The van der Waals surface area contributed by atoms with Crippen LogP contribution in [0.2, 0.25) is 5.02 Å². The van der Waals surface area contributed by atoms with Crippen LogP contribution in [0.5, 0.6) is 0 Å². The zero-order valence-electron chi connectivity index (χ0n) is 17.7. The molecule has 1 fully saturated rings. The SMILES string of the molecule is CCN1CCN(c2cn(S(=O)(=O)c3ccc(C(C)C)cc3)c3cc(Cl)ccc23)CC1. The maximum Gasteiger partial charge on any atom is 0.268 e. The molecule has 160 valence electrons. The van der Waals surface area contributed by atoms with E-state index in [0.717, 1.165) is 49.4 Å². The van der Waals surface area contributed by atoms with Crippen LogP contribution < -0.4 is 4.90 Å². The predicted molar refractivity (Wildman–Crippen MR) is 124 cm³/mol. The molecule has 4 rings (SSSR count). The summed E-state index contributed by atoms with van der Waals surface area (Å²) in [7, 11) is -3.74. The van der Waals surface area contributed by atoms with E-state index in [9.17, 15) is 8.42 Å². The molecule has 0 aliphatic carbocycles. The van der Waals surface area contributed by atoms with Gasteiger partial charge in [0, 0.05) is 42.8 Å². The largest absolute Gasteiger partial charge is 0.367 e. The van der Waals surface area contributed by atoms with Gasteiger partial charge in [0.2, 0.25) is 0 Å². The van der Waals surface area contributed by atoms with Crippen molar-refractivity contribution in [3.8, 4) is 0 Å². The summed E-state index contributed by atoms with van der Waals surface area (Å²) < 4.78 is 28.4. The van der Waals surface area contributed by atoms with Crippen molar-refractivity contribution in [3.05, 3.63) is 59.2 Å². The van der Waals surface area contributed by atoms with Crippen LogP contribution in [0.3, 0.4) is 0 Å². The van der Waals surface area contributed by atoms with Crippen molar-refractivity contribution in [1.82, 2.24) is 8.87 Å². The van der Waals surface area contributed by atoms with E-state index in [4.69, 9.17) is 11.6 Å². The number of rotatable bonds is 5. The molecule has 1 saturated heterocycles. The molecule has 0 amide bonds. The average molecular weight is 446 g/mol. The number of hydrogen-bond donors (Lipinski definition) is 0. The summed E-state index contributed by atoms with van der Waals surface area (Å²) in [6.45, 7) is 11.1. The Balaban J connectivity index is 1.79. The van der Waals surface area contributed by atoms with Gasteiger partial charge in [0.05, 0.1) is 16.1 Å². The minimum atomic E-state index is -3.74. The molecule has 2 heterocycles. The van der Waals surface area contributed by atoms with E-state index in [1.54, 1.807) is 24.4 Å². The van der Waals surface area contributed by atoms with Gasteiger partial charge in [0.15, 0.2) is 0 Å². The summed E-state index contributed by atoms with van der Waals surface area (Å²) in [5.74, 6) is 0.348. The van der Waals surface area contributed by atoms with Gasteiger partial charge in [-0.15, -0.1) is 0 Å². The Kier molecular flexibility index (Phi) is 5.84. The van der Waals surface area contributed by atoms with Crippen molar-refractivity contribution in [2.24, 2.45) is 0 Å². The van der Waals surface area contributed by atoms with Gasteiger partial charge in [0.1, 0.15) is 0 Å². The molecule has 0 N–H and O–H groups in total. The minimum Gasteiger partial charge on any atom is -0.367 e. The molecule has 30 heavy (non-hydrogen) atoms. The third kappa shape index (κ3) is 3.84. The third-order valence-electron chi connectivity index (χ3n) is 5.98. The smallest absolute Gasteiger partial charge is 0.268 e. The van der Waals surface area contributed by atoms with Crippen LogP contribution in [0, 0.1) is 0 Å². The molecule has 1 aliphatic heterocycles. The fraction of sp³-hybridized carbons (Fsp3) is 0.391. The zero-order valence-corrected chi connectivity index (χ0v) is 19.2. The number of hydrogen-bond acceptors (Lipinski definition) is 4. The van der Waals surface area contributed by atoms with Crippen LogP contribution in [0.1, 0.15) is 32.3 Å². The van der Waals surface area contributed by atoms with Crippen LogP contribution in [0.25, 0.3) is 10.9 Å². The molecule has 1 aromatic heterocycles. The molecule has 5 nitrogen and oxygen atoms in total. The number of benzene rings is 2. The quantitative estimate of drug-likeness (QED) is 0.566. The molecule has 3 aromatic rings. The molecule has 0 unspecified atom stereocenters. The van der Waals surface area contributed by atoms with Crippen molar-refractivity contribution in [2.45, 2.75) is 31.6 Å². The topological polar surface area (TPSA) is 45.5 Å². The fourth-order valence-electron chi connectivity index (χ4n) is 4.05. The highest BCUT2D eigenvalue weighted by Crippen LogP contribution is 2.34. The monoisotopic (exact) mass is 445 g/mol. The van der Waals surface area contributed by atoms with Gasteiger partial charge in [0.25, 0.3) is 10.0 Å². The molecule has 2 aromatic carbocycles. The van der Waals surface area contributed by atoms with Crippen molar-refractivity contribution in [3.63, 3.8) is 0 Å². The number of likely N-dealkylation sites (N-methyl/N-ethyl adjacent to an activating group) is 1. The Morgan fingerprint density at radius 3 is 2.27 bits per heavy atom. The molecular formula is C23H28ClN3O2S. The van der Waals surface area contributed by atoms with Crippen molar-refractivity contribution in [2.75, 3.05) is 37.6 Å². The lowest BCUT2D eigenvalue weighted by atomic mass is 10.0. The van der Waals surface area contributed by atoms with Crippen LogP contribution >= 0.6 is 11.6 Å². The third-order valence-corrected chi connectivity index (χ3v) is 7.90. The molecular weight excluding hydrogens is 418 g/mol. The van der Waals surface area contributed by atoms with Crippen molar-refractivity contribution < 1.29 is 8.42 Å². The predicted octanol–water partition coefficient (Wildman–Crippen LogP) is 4.80. The summed E-state index contributed by atoms with van der Waals surface area (Å²) in [5.41, 5.74) is 2.67. The molecule has 0 atom stereocenters. The standard InChI is InChI=1S/C23H28ClN3O2S/c1-4-25-11-13-26(14-12-25)23-16-27(22-15-19(24)7-10-21(22)23)30(28,29)20-8-5-18(6-9-20)17(2)3/h5-10,15-17H,4,11-14H2,1-3H3. The highest BCUT2D eigenvalue weighted by Gasteiger charge is 2.25. The highest BCUT2D eigenvalue weighted by molar-refractivity contribution is 7.90. The van der Waals surface area contributed by atoms with E-state index in [1.807, 2.05) is 24.3 Å². The van der Waals surface area contributed by atoms with E-state index in [2.05, 4.69) is 30.6 Å². The summed E-state index contributed by atoms with van der Waals surface area (Å²) >= 11 is 6.25. The first kappa shape index (κ1) is 21.2. The van der Waals surface area contributed by atoms with E-state index in [-0.39, 0.29) is 4.90 Å². The average Bonchev–Trinajstić information content (AvgIpc) is 3.13. The highest BCUT2D eigenvalue weighted by atomic mass is 35.5. The Labute approximate surface area is 183 Å². The van der Waals surface area contributed by atoms with Crippen molar-refractivity contribution >= 4 is 38.2 Å². The maximum absolute atomic E-state index is 13.5. The number of halogens is 1. The molecule has 7 heteroatoms. The lowest BCUT2D eigenvalue weighted by Gasteiger charge is -2.35. The first-order chi connectivity index (χ1) is 14.3. The van der Waals surface area contributed by atoms with E-state index in [0.29, 0.717) is 16.5 Å². The summed E-state index contributed by atoms with van der Waals surface area (Å²) in [5, 5.41) is 1.43. The number of piperazine rings is 1. The zero-order chi connectivity index (χ0) is 21.5. The molecule has 1 aliphatic rings. The lowest BCUT2D eigenvalue weighted by molar-refractivity contribution is 0.271. The van der Waals surface area contributed by atoms with Gasteiger partial charge in [-0.3, -0.25) is 0 Å². The Morgan fingerprint density at radius 1 is 1.00 bits per heavy atom. The summed E-state index contributed by atoms with van der Waals surface area (Å²) in [6.07, 6.45) is 1.76. The van der Waals surface area contributed by atoms with Crippen LogP contribution in [0.15, 0.2) is 53.6 Å².